The Hall–Kier alpha value is -1.74. The van der Waals surface area contributed by atoms with Crippen molar-refractivity contribution in [3.05, 3.63) is 58.9 Å². The van der Waals surface area contributed by atoms with E-state index < -0.39 is 0 Å². The van der Waals surface area contributed by atoms with Gasteiger partial charge in [0.05, 0.1) is 6.54 Å². The lowest BCUT2D eigenvalue weighted by Crippen LogP contribution is -2.41. The first-order valence-corrected chi connectivity index (χ1v) is 12.2. The molecule has 0 saturated heterocycles. The molecule has 0 bridgehead atoms. The summed E-state index contributed by atoms with van der Waals surface area (Å²) in [5.74, 6) is 0.337. The molecule has 0 radical (unpaired) electrons. The van der Waals surface area contributed by atoms with E-state index in [9.17, 15) is 4.79 Å². The van der Waals surface area contributed by atoms with E-state index in [1.807, 2.05) is 18.2 Å². The molecule has 164 valence electrons. The van der Waals surface area contributed by atoms with E-state index in [2.05, 4.69) is 40.8 Å². The van der Waals surface area contributed by atoms with Crippen LogP contribution in [0.1, 0.15) is 88.8 Å². The number of rotatable bonds is 11. The third kappa shape index (κ3) is 6.63. The number of hydrogen-bond acceptors (Lipinski definition) is 1. The van der Waals surface area contributed by atoms with E-state index in [1.165, 1.54) is 50.6 Å². The second-order valence-electron chi connectivity index (χ2n) is 8.70. The molecular formula is C26H37ClN2O. The molecule has 0 unspecified atom stereocenters. The van der Waals surface area contributed by atoms with Crippen LogP contribution in [0.25, 0.3) is 0 Å². The van der Waals surface area contributed by atoms with Gasteiger partial charge in [-0.15, -0.1) is 0 Å². The van der Waals surface area contributed by atoms with Gasteiger partial charge in [0.15, 0.2) is 0 Å². The Bertz CT molecular complexity index is 779. The molecule has 0 atom stereocenters. The number of amides is 1. The van der Waals surface area contributed by atoms with Crippen molar-refractivity contribution in [1.82, 2.24) is 9.47 Å². The summed E-state index contributed by atoms with van der Waals surface area (Å²) in [6.07, 6.45) is 14.8. The third-order valence-corrected chi connectivity index (χ3v) is 6.75. The average Bonchev–Trinajstić information content (AvgIpc) is 3.20. The molecule has 3 nitrogen and oxygen atoms in total. The van der Waals surface area contributed by atoms with Crippen LogP contribution in [0, 0.1) is 0 Å². The maximum Gasteiger partial charge on any atom is 0.223 e. The minimum Gasteiger partial charge on any atom is -0.345 e. The number of hydrogen-bond donors (Lipinski definition) is 0. The van der Waals surface area contributed by atoms with Crippen LogP contribution in [0.5, 0.6) is 0 Å². The van der Waals surface area contributed by atoms with Crippen LogP contribution in [0.3, 0.4) is 0 Å². The molecule has 1 aromatic carbocycles. The molecule has 1 heterocycles. The Morgan fingerprint density at radius 3 is 2.57 bits per heavy atom. The predicted molar refractivity (Wildman–Crippen MR) is 126 cm³/mol. The normalized spacial score (nSPS) is 14.7. The molecule has 1 aliphatic rings. The zero-order chi connectivity index (χ0) is 21.2. The highest BCUT2D eigenvalue weighted by Gasteiger charge is 2.26. The van der Waals surface area contributed by atoms with E-state index in [0.29, 0.717) is 24.9 Å². The van der Waals surface area contributed by atoms with Gasteiger partial charge in [0.25, 0.3) is 0 Å². The molecule has 3 rings (SSSR count). The minimum atomic E-state index is 0.337. The highest BCUT2D eigenvalue weighted by Crippen LogP contribution is 2.26. The van der Waals surface area contributed by atoms with Crippen molar-refractivity contribution in [2.24, 2.45) is 0 Å². The highest BCUT2D eigenvalue weighted by molar-refractivity contribution is 6.31. The first kappa shape index (κ1) is 22.9. The molecule has 1 amide bonds. The Morgan fingerprint density at radius 2 is 1.80 bits per heavy atom. The molecule has 0 N–H and O–H groups in total. The van der Waals surface area contributed by atoms with Crippen molar-refractivity contribution >= 4 is 17.5 Å². The molecule has 0 spiro atoms. The monoisotopic (exact) mass is 428 g/mol. The van der Waals surface area contributed by atoms with Gasteiger partial charge in [0.2, 0.25) is 5.91 Å². The van der Waals surface area contributed by atoms with E-state index in [4.69, 9.17) is 11.6 Å². The lowest BCUT2D eigenvalue weighted by Gasteiger charge is -2.35. The van der Waals surface area contributed by atoms with E-state index >= 15 is 0 Å². The number of nitrogens with zero attached hydrogens (tertiary/aromatic N) is 2. The van der Waals surface area contributed by atoms with Crippen LogP contribution in [0.15, 0.2) is 42.6 Å². The molecule has 0 aliphatic heterocycles. The smallest absolute Gasteiger partial charge is 0.223 e. The molecule has 1 saturated carbocycles. The molecule has 4 heteroatoms. The van der Waals surface area contributed by atoms with Gasteiger partial charge in [-0.2, -0.15) is 0 Å². The van der Waals surface area contributed by atoms with Gasteiger partial charge < -0.3 is 9.47 Å². The van der Waals surface area contributed by atoms with Gasteiger partial charge in [-0.1, -0.05) is 81.7 Å². The average molecular weight is 429 g/mol. The second-order valence-corrected chi connectivity index (χ2v) is 9.10. The standard InChI is InChI=1S/C26H37ClN2O/c1-2-3-4-5-9-18-26(30)29(23-14-7-6-8-15-23)21-24-16-12-19-28(24)20-22-13-10-11-17-25(22)27/h10-13,16-17,19,23H,2-9,14-15,18,20-21H2,1H3. The first-order valence-electron chi connectivity index (χ1n) is 11.9. The molecule has 2 aromatic rings. The number of halogens is 1. The Morgan fingerprint density at radius 1 is 1.03 bits per heavy atom. The number of benzene rings is 1. The van der Waals surface area contributed by atoms with Gasteiger partial charge >= 0.3 is 0 Å². The van der Waals surface area contributed by atoms with Crippen molar-refractivity contribution in [3.63, 3.8) is 0 Å². The van der Waals surface area contributed by atoms with Gasteiger partial charge in [-0.3, -0.25) is 4.79 Å². The molecule has 1 aliphatic carbocycles. The lowest BCUT2D eigenvalue weighted by atomic mass is 9.93. The number of unbranched alkanes of at least 4 members (excludes halogenated alkanes) is 4. The molecule has 1 aromatic heterocycles. The summed E-state index contributed by atoms with van der Waals surface area (Å²) in [5, 5.41) is 0.796. The summed E-state index contributed by atoms with van der Waals surface area (Å²) in [7, 11) is 0. The largest absolute Gasteiger partial charge is 0.345 e. The quantitative estimate of drug-likeness (QED) is 0.347. The van der Waals surface area contributed by atoms with Crippen LogP contribution in [-0.4, -0.2) is 21.4 Å². The fourth-order valence-electron chi connectivity index (χ4n) is 4.57. The number of carbonyl (C=O) groups excluding carboxylic acids is 1. The van der Waals surface area contributed by atoms with Crippen molar-refractivity contribution in [1.29, 1.82) is 0 Å². The third-order valence-electron chi connectivity index (χ3n) is 6.38. The van der Waals surface area contributed by atoms with Gasteiger partial charge in [0.1, 0.15) is 0 Å². The van der Waals surface area contributed by atoms with Crippen LogP contribution < -0.4 is 0 Å². The summed E-state index contributed by atoms with van der Waals surface area (Å²) in [4.78, 5) is 15.4. The Balaban J connectivity index is 1.68. The van der Waals surface area contributed by atoms with E-state index in [0.717, 1.165) is 36.4 Å². The number of carbonyl (C=O) groups is 1. The topological polar surface area (TPSA) is 25.2 Å². The van der Waals surface area contributed by atoms with Crippen molar-refractivity contribution in [2.75, 3.05) is 0 Å². The SMILES string of the molecule is CCCCCCCC(=O)N(Cc1cccn1Cc1ccccc1Cl)C1CCCCC1. The fraction of sp³-hybridized carbons (Fsp3) is 0.577. The van der Waals surface area contributed by atoms with Crippen molar-refractivity contribution < 1.29 is 4.79 Å². The summed E-state index contributed by atoms with van der Waals surface area (Å²) in [6.45, 7) is 3.68. The molecule has 1 fully saturated rings. The Labute approximate surface area is 187 Å². The number of aromatic nitrogens is 1. The maximum absolute atomic E-state index is 13.2. The minimum absolute atomic E-state index is 0.337. The maximum atomic E-state index is 13.2. The van der Waals surface area contributed by atoms with Gasteiger partial charge in [0, 0.05) is 35.9 Å². The zero-order valence-electron chi connectivity index (χ0n) is 18.5. The van der Waals surface area contributed by atoms with E-state index in [1.54, 1.807) is 0 Å². The molecule has 30 heavy (non-hydrogen) atoms. The summed E-state index contributed by atoms with van der Waals surface area (Å²) in [6, 6.07) is 12.6. The fourth-order valence-corrected chi connectivity index (χ4v) is 4.76. The second kappa shape index (κ2) is 12.2. The van der Waals surface area contributed by atoms with E-state index in [-0.39, 0.29) is 0 Å². The van der Waals surface area contributed by atoms with Crippen molar-refractivity contribution in [2.45, 2.75) is 96.7 Å². The summed E-state index contributed by atoms with van der Waals surface area (Å²) >= 11 is 6.39. The van der Waals surface area contributed by atoms with Gasteiger partial charge in [-0.05, 0) is 43.0 Å². The zero-order valence-corrected chi connectivity index (χ0v) is 19.2. The Kier molecular flexibility index (Phi) is 9.32. The molecular weight excluding hydrogens is 392 g/mol. The highest BCUT2D eigenvalue weighted by atomic mass is 35.5. The van der Waals surface area contributed by atoms with Crippen LogP contribution in [0.2, 0.25) is 5.02 Å². The van der Waals surface area contributed by atoms with Crippen molar-refractivity contribution in [3.8, 4) is 0 Å². The summed E-state index contributed by atoms with van der Waals surface area (Å²) in [5.41, 5.74) is 2.31. The predicted octanol–water partition coefficient (Wildman–Crippen LogP) is 7.21. The van der Waals surface area contributed by atoms with Crippen LogP contribution in [0.4, 0.5) is 0 Å². The lowest BCUT2D eigenvalue weighted by molar-refractivity contribution is -0.135. The summed E-state index contributed by atoms with van der Waals surface area (Å²) < 4.78 is 2.24. The van der Waals surface area contributed by atoms with Gasteiger partial charge in [-0.25, -0.2) is 0 Å². The first-order chi connectivity index (χ1) is 14.7. The van der Waals surface area contributed by atoms with Crippen LogP contribution >= 0.6 is 11.6 Å². The van der Waals surface area contributed by atoms with Crippen LogP contribution in [-0.2, 0) is 17.9 Å².